The van der Waals surface area contributed by atoms with E-state index in [1.807, 2.05) is 18.4 Å². The van der Waals surface area contributed by atoms with E-state index in [4.69, 9.17) is 0 Å². The van der Waals surface area contributed by atoms with Crippen LogP contribution >= 0.6 is 11.3 Å². The lowest BCUT2D eigenvalue weighted by Gasteiger charge is -2.16. The summed E-state index contributed by atoms with van der Waals surface area (Å²) in [5, 5.41) is 3.40. The van der Waals surface area contributed by atoms with Crippen molar-refractivity contribution in [1.82, 2.24) is 5.32 Å². The Morgan fingerprint density at radius 3 is 2.31 bits per heavy atom. The van der Waals surface area contributed by atoms with Crippen LogP contribution in [0.25, 0.3) is 0 Å². The number of aryl methyl sites for hydroxylation is 2. The monoisotopic (exact) mass is 231 g/mol. The van der Waals surface area contributed by atoms with E-state index in [9.17, 15) is 0 Å². The molecule has 1 nitrogen and oxygen atoms in total. The molecular weight excluding hydrogens is 214 g/mol. The van der Waals surface area contributed by atoms with Gasteiger partial charge in [0.25, 0.3) is 0 Å². The Kier molecular flexibility index (Phi) is 3.42. The van der Waals surface area contributed by atoms with Crippen molar-refractivity contribution in [2.45, 2.75) is 19.9 Å². The summed E-state index contributed by atoms with van der Waals surface area (Å²) < 4.78 is 0. The Bertz CT molecular complexity index is 459. The Balaban J connectivity index is 2.40. The lowest BCUT2D eigenvalue weighted by Crippen LogP contribution is -2.17. The molecule has 0 radical (unpaired) electrons. The zero-order chi connectivity index (χ0) is 11.5. The van der Waals surface area contributed by atoms with Gasteiger partial charge in [-0.25, -0.2) is 0 Å². The van der Waals surface area contributed by atoms with E-state index in [2.05, 4.69) is 55.6 Å². The summed E-state index contributed by atoms with van der Waals surface area (Å²) >= 11 is 1.88. The zero-order valence-electron chi connectivity index (χ0n) is 9.95. The quantitative estimate of drug-likeness (QED) is 0.850. The molecule has 0 aliphatic heterocycles. The van der Waals surface area contributed by atoms with Gasteiger partial charge in [-0.3, -0.25) is 0 Å². The molecule has 84 valence electrons. The fourth-order valence-electron chi connectivity index (χ4n) is 2.04. The van der Waals surface area contributed by atoms with Crippen molar-refractivity contribution < 1.29 is 0 Å². The average molecular weight is 231 g/mol. The van der Waals surface area contributed by atoms with Gasteiger partial charge >= 0.3 is 0 Å². The molecule has 0 saturated carbocycles. The second-order valence-electron chi connectivity index (χ2n) is 4.04. The maximum absolute atomic E-state index is 3.40. The third-order valence-electron chi connectivity index (χ3n) is 2.76. The van der Waals surface area contributed by atoms with Gasteiger partial charge in [-0.15, -0.1) is 11.3 Å². The summed E-state index contributed by atoms with van der Waals surface area (Å²) in [5.41, 5.74) is 2.71. The van der Waals surface area contributed by atoms with Crippen molar-refractivity contribution in [3.05, 3.63) is 57.3 Å². The minimum Gasteiger partial charge on any atom is -0.309 e. The van der Waals surface area contributed by atoms with E-state index in [1.165, 1.54) is 20.9 Å². The summed E-state index contributed by atoms with van der Waals surface area (Å²) in [6, 6.07) is 13.2. The molecule has 0 fully saturated rings. The third kappa shape index (κ3) is 2.18. The van der Waals surface area contributed by atoms with Gasteiger partial charge in [0, 0.05) is 9.75 Å². The van der Waals surface area contributed by atoms with Crippen molar-refractivity contribution in [2.75, 3.05) is 7.05 Å². The molecule has 2 rings (SSSR count). The second kappa shape index (κ2) is 4.81. The van der Waals surface area contributed by atoms with Crippen LogP contribution in [0, 0.1) is 13.8 Å². The normalized spacial score (nSPS) is 12.7. The molecule has 16 heavy (non-hydrogen) atoms. The molecule has 1 atom stereocenters. The maximum atomic E-state index is 3.40. The Hall–Kier alpha value is -1.12. The van der Waals surface area contributed by atoms with Gasteiger partial charge in [-0.2, -0.15) is 0 Å². The number of thiophene rings is 1. The Labute approximate surface area is 101 Å². The Morgan fingerprint density at radius 1 is 1.12 bits per heavy atom. The number of nitrogens with one attached hydrogen (secondary N) is 1. The van der Waals surface area contributed by atoms with Crippen LogP contribution in [0.15, 0.2) is 36.4 Å². The van der Waals surface area contributed by atoms with Gasteiger partial charge in [0.15, 0.2) is 0 Å². The van der Waals surface area contributed by atoms with Crippen molar-refractivity contribution in [2.24, 2.45) is 0 Å². The van der Waals surface area contributed by atoms with E-state index in [0.29, 0.717) is 6.04 Å². The van der Waals surface area contributed by atoms with E-state index >= 15 is 0 Å². The molecule has 1 aromatic carbocycles. The minimum absolute atomic E-state index is 0.319. The first-order valence-corrected chi connectivity index (χ1v) is 6.33. The minimum atomic E-state index is 0.319. The average Bonchev–Trinajstić information content (AvgIpc) is 2.61. The van der Waals surface area contributed by atoms with Crippen LogP contribution in [-0.4, -0.2) is 7.05 Å². The fourth-order valence-corrected chi connectivity index (χ4v) is 3.21. The molecule has 2 aromatic rings. The van der Waals surface area contributed by atoms with Crippen LogP contribution in [0.5, 0.6) is 0 Å². The fraction of sp³-hybridized carbons (Fsp3) is 0.286. The van der Waals surface area contributed by atoms with Gasteiger partial charge in [0.1, 0.15) is 0 Å². The second-order valence-corrected chi connectivity index (χ2v) is 5.32. The largest absolute Gasteiger partial charge is 0.309 e. The lowest BCUT2D eigenvalue weighted by molar-refractivity contribution is 0.700. The van der Waals surface area contributed by atoms with Crippen molar-refractivity contribution in [3.63, 3.8) is 0 Å². The van der Waals surface area contributed by atoms with Gasteiger partial charge in [-0.05, 0) is 38.1 Å². The third-order valence-corrected chi connectivity index (χ3v) is 3.98. The predicted molar refractivity (Wildman–Crippen MR) is 71.1 cm³/mol. The number of hydrogen-bond donors (Lipinski definition) is 1. The van der Waals surface area contributed by atoms with Crippen LogP contribution in [0.2, 0.25) is 0 Å². The molecule has 1 heterocycles. The number of hydrogen-bond acceptors (Lipinski definition) is 2. The van der Waals surface area contributed by atoms with E-state index in [0.717, 1.165) is 0 Å². The van der Waals surface area contributed by atoms with Crippen LogP contribution in [0.3, 0.4) is 0 Å². The summed E-state index contributed by atoms with van der Waals surface area (Å²) in [7, 11) is 2.02. The molecule has 1 unspecified atom stereocenters. The molecular formula is C14H17NS. The molecule has 0 aliphatic carbocycles. The highest BCUT2D eigenvalue weighted by Crippen LogP contribution is 2.31. The summed E-state index contributed by atoms with van der Waals surface area (Å²) in [4.78, 5) is 2.80. The molecule has 2 heteroatoms. The van der Waals surface area contributed by atoms with Gasteiger partial charge in [-0.1, -0.05) is 30.3 Å². The smallest absolute Gasteiger partial charge is 0.0671 e. The SMILES string of the molecule is CNC(c1ccccc1)c1sc(C)cc1C. The topological polar surface area (TPSA) is 12.0 Å². The highest BCUT2D eigenvalue weighted by Gasteiger charge is 2.15. The van der Waals surface area contributed by atoms with Gasteiger partial charge in [0.05, 0.1) is 6.04 Å². The summed E-state index contributed by atoms with van der Waals surface area (Å²) in [5.74, 6) is 0. The van der Waals surface area contributed by atoms with Crippen LogP contribution in [0.1, 0.15) is 26.9 Å². The molecule has 0 bridgehead atoms. The first-order valence-electron chi connectivity index (χ1n) is 5.51. The first-order chi connectivity index (χ1) is 7.72. The standard InChI is InChI=1S/C14H17NS/c1-10-9-11(2)16-14(10)13(15-3)12-7-5-4-6-8-12/h4-9,13,15H,1-3H3. The number of benzene rings is 1. The number of rotatable bonds is 3. The molecule has 0 spiro atoms. The van der Waals surface area contributed by atoms with Gasteiger partial charge in [0.2, 0.25) is 0 Å². The van der Waals surface area contributed by atoms with E-state index in [-0.39, 0.29) is 0 Å². The molecule has 0 saturated heterocycles. The highest BCUT2D eigenvalue weighted by molar-refractivity contribution is 7.12. The summed E-state index contributed by atoms with van der Waals surface area (Å²) in [6.07, 6.45) is 0. The molecule has 0 amide bonds. The molecule has 1 N–H and O–H groups in total. The highest BCUT2D eigenvalue weighted by atomic mass is 32.1. The predicted octanol–water partition coefficient (Wildman–Crippen LogP) is 3.67. The maximum Gasteiger partial charge on any atom is 0.0671 e. The summed E-state index contributed by atoms with van der Waals surface area (Å²) in [6.45, 7) is 4.35. The van der Waals surface area contributed by atoms with E-state index in [1.54, 1.807) is 0 Å². The first kappa shape index (κ1) is 11.4. The van der Waals surface area contributed by atoms with Crippen molar-refractivity contribution in [3.8, 4) is 0 Å². The van der Waals surface area contributed by atoms with Crippen LogP contribution < -0.4 is 5.32 Å². The van der Waals surface area contributed by atoms with Crippen molar-refractivity contribution in [1.29, 1.82) is 0 Å². The van der Waals surface area contributed by atoms with E-state index < -0.39 is 0 Å². The molecule has 1 aromatic heterocycles. The Morgan fingerprint density at radius 2 is 1.81 bits per heavy atom. The molecule has 0 aliphatic rings. The zero-order valence-corrected chi connectivity index (χ0v) is 10.8. The van der Waals surface area contributed by atoms with Crippen molar-refractivity contribution >= 4 is 11.3 Å². The lowest BCUT2D eigenvalue weighted by atomic mass is 10.0. The van der Waals surface area contributed by atoms with Gasteiger partial charge < -0.3 is 5.32 Å². The van der Waals surface area contributed by atoms with Crippen LogP contribution in [0.4, 0.5) is 0 Å². The van der Waals surface area contributed by atoms with Crippen LogP contribution in [-0.2, 0) is 0 Å².